The highest BCUT2D eigenvalue weighted by Gasteiger charge is 2.38. The number of hydrogen-bond acceptors (Lipinski definition) is 5. The number of phenols is 2. The van der Waals surface area contributed by atoms with E-state index in [4.69, 9.17) is 5.11 Å². The molecule has 0 aliphatic heterocycles. The van der Waals surface area contributed by atoms with E-state index in [0.717, 1.165) is 24.4 Å². The predicted octanol–water partition coefficient (Wildman–Crippen LogP) is 3.45. The van der Waals surface area contributed by atoms with Gasteiger partial charge < -0.3 is 10.2 Å². The van der Waals surface area contributed by atoms with Crippen LogP contribution in [0.3, 0.4) is 0 Å². The maximum atomic E-state index is 12.8. The second kappa shape index (κ2) is 7.22. The first-order valence-corrected chi connectivity index (χ1v) is 8.55. The third-order valence-electron chi connectivity index (χ3n) is 3.26. The number of phenolic OH excluding ortho intramolecular Hbond substituents is 2. The number of hydrogen-bond donors (Lipinski definition) is 3. The fourth-order valence-corrected chi connectivity index (χ4v) is 2.80. The molecule has 2 aromatic carbocycles. The third-order valence-corrected chi connectivity index (χ3v) is 4.46. The Morgan fingerprint density at radius 2 is 1.43 bits per heavy atom. The van der Waals surface area contributed by atoms with Gasteiger partial charge in [0.05, 0.1) is 22.2 Å². The second-order valence-corrected chi connectivity index (χ2v) is 7.00. The summed E-state index contributed by atoms with van der Waals surface area (Å²) in [5, 5.41) is 21.8. The molecule has 28 heavy (non-hydrogen) atoms. The number of sulfonamides is 1. The summed E-state index contributed by atoms with van der Waals surface area (Å²) >= 11 is 0. The summed E-state index contributed by atoms with van der Waals surface area (Å²) in [7, 11) is -4.90. The Balaban J connectivity index is 2.40. The van der Waals surface area contributed by atoms with E-state index < -0.39 is 44.1 Å². The van der Waals surface area contributed by atoms with Crippen LogP contribution in [0.5, 0.6) is 11.5 Å². The van der Waals surface area contributed by atoms with Crippen LogP contribution >= 0.6 is 0 Å². The van der Waals surface area contributed by atoms with Crippen molar-refractivity contribution in [1.29, 1.82) is 0 Å². The molecule has 0 unspecified atom stereocenters. The number of halogens is 6. The molecule has 0 fully saturated rings. The predicted molar refractivity (Wildman–Crippen MR) is 84.1 cm³/mol. The summed E-state index contributed by atoms with van der Waals surface area (Å²) in [6, 6.07) is 3.01. The molecule has 6 nitrogen and oxygen atoms in total. The molecule has 0 aromatic heterocycles. The minimum atomic E-state index is -5.22. The lowest BCUT2D eigenvalue weighted by molar-refractivity contribution is -0.143. The van der Waals surface area contributed by atoms with Crippen molar-refractivity contribution in [1.82, 2.24) is 4.83 Å². The molecule has 0 aliphatic carbocycles. The number of nitrogens with one attached hydrogen (secondary N) is 1. The first-order valence-electron chi connectivity index (χ1n) is 7.06. The van der Waals surface area contributed by atoms with E-state index >= 15 is 0 Å². The van der Waals surface area contributed by atoms with Crippen LogP contribution in [-0.2, 0) is 22.4 Å². The van der Waals surface area contributed by atoms with Crippen LogP contribution in [0, 0.1) is 0 Å². The largest absolute Gasteiger partial charge is 0.508 e. The van der Waals surface area contributed by atoms with Gasteiger partial charge in [0.15, 0.2) is 0 Å². The molecule has 0 spiro atoms. The standard InChI is InChI=1S/C15H10F6N2O4S/c16-14(17,18)9-3-10(15(19,20)21)5-12(4-9)28(26,27)23-22-7-8-1-2-11(24)6-13(8)25/h1-7,23-25H/b22-7+. The normalized spacial score (nSPS) is 13.1. The molecule has 0 bridgehead atoms. The van der Waals surface area contributed by atoms with E-state index in [9.17, 15) is 39.9 Å². The molecule has 13 heteroatoms. The average molecular weight is 428 g/mol. The van der Waals surface area contributed by atoms with E-state index in [1.165, 1.54) is 4.83 Å². The molecular formula is C15H10F6N2O4S. The maximum absolute atomic E-state index is 12.8. The van der Waals surface area contributed by atoms with Crippen LogP contribution < -0.4 is 4.83 Å². The first kappa shape index (κ1) is 21.3. The van der Waals surface area contributed by atoms with Gasteiger partial charge in [0.25, 0.3) is 10.0 Å². The van der Waals surface area contributed by atoms with Crippen LogP contribution in [-0.4, -0.2) is 24.8 Å². The zero-order chi connectivity index (χ0) is 21.3. The smallest absolute Gasteiger partial charge is 0.416 e. The van der Waals surface area contributed by atoms with Gasteiger partial charge >= 0.3 is 12.4 Å². The fraction of sp³-hybridized carbons (Fsp3) is 0.133. The van der Waals surface area contributed by atoms with Crippen molar-refractivity contribution in [3.05, 3.63) is 53.1 Å². The van der Waals surface area contributed by atoms with Gasteiger partial charge in [-0.1, -0.05) is 0 Å². The van der Waals surface area contributed by atoms with Crippen molar-refractivity contribution in [3.8, 4) is 11.5 Å². The van der Waals surface area contributed by atoms with E-state index in [1.54, 1.807) is 0 Å². The highest BCUT2D eigenvalue weighted by molar-refractivity contribution is 7.89. The van der Waals surface area contributed by atoms with E-state index in [1.807, 2.05) is 0 Å². The quantitative estimate of drug-likeness (QED) is 0.395. The molecule has 3 N–H and O–H groups in total. The average Bonchev–Trinajstić information content (AvgIpc) is 2.55. The molecule has 0 heterocycles. The van der Waals surface area contributed by atoms with E-state index in [-0.39, 0.29) is 29.5 Å². The zero-order valence-electron chi connectivity index (χ0n) is 13.4. The highest BCUT2D eigenvalue weighted by atomic mass is 32.2. The lowest BCUT2D eigenvalue weighted by Gasteiger charge is -2.14. The van der Waals surface area contributed by atoms with Crippen LogP contribution in [0.25, 0.3) is 0 Å². The molecule has 0 atom stereocenters. The van der Waals surface area contributed by atoms with Gasteiger partial charge in [-0.05, 0) is 30.3 Å². The lowest BCUT2D eigenvalue weighted by Crippen LogP contribution is -2.21. The lowest BCUT2D eigenvalue weighted by atomic mass is 10.1. The van der Waals surface area contributed by atoms with Crippen molar-refractivity contribution in [2.24, 2.45) is 5.10 Å². The maximum Gasteiger partial charge on any atom is 0.416 e. The van der Waals surface area contributed by atoms with Crippen molar-refractivity contribution >= 4 is 16.2 Å². The Morgan fingerprint density at radius 3 is 1.89 bits per heavy atom. The van der Waals surface area contributed by atoms with Gasteiger partial charge in [0.2, 0.25) is 0 Å². The van der Waals surface area contributed by atoms with Crippen molar-refractivity contribution in [2.45, 2.75) is 17.2 Å². The molecule has 0 saturated carbocycles. The van der Waals surface area contributed by atoms with Gasteiger partial charge in [0.1, 0.15) is 11.5 Å². The summed E-state index contributed by atoms with van der Waals surface area (Å²) in [4.78, 5) is 0.152. The molecular weight excluding hydrogens is 418 g/mol. The number of aromatic hydroxyl groups is 2. The molecule has 0 saturated heterocycles. The monoisotopic (exact) mass is 428 g/mol. The van der Waals surface area contributed by atoms with Crippen LogP contribution in [0.2, 0.25) is 0 Å². The Hall–Kier alpha value is -2.96. The zero-order valence-corrected chi connectivity index (χ0v) is 14.2. The Bertz CT molecular complexity index is 984. The summed E-state index contributed by atoms with van der Waals surface area (Å²) in [6.45, 7) is 0. The molecule has 2 rings (SSSR count). The van der Waals surface area contributed by atoms with Crippen molar-refractivity contribution in [3.63, 3.8) is 0 Å². The van der Waals surface area contributed by atoms with Crippen molar-refractivity contribution < 1.29 is 45.0 Å². The summed E-state index contributed by atoms with van der Waals surface area (Å²) in [5.74, 6) is -0.805. The van der Waals surface area contributed by atoms with Gasteiger partial charge in [0, 0.05) is 11.6 Å². The molecule has 0 aliphatic rings. The SMILES string of the molecule is O=S(=O)(N/N=C/c1ccc(O)cc1O)c1cc(C(F)(F)F)cc(C(F)(F)F)c1. The minimum absolute atomic E-state index is 0.0329. The fourth-order valence-electron chi connectivity index (χ4n) is 1.94. The van der Waals surface area contributed by atoms with Gasteiger partial charge in [-0.15, -0.1) is 0 Å². The number of nitrogens with zero attached hydrogens (tertiary/aromatic N) is 1. The van der Waals surface area contributed by atoms with Gasteiger partial charge in [-0.2, -0.15) is 39.9 Å². The van der Waals surface area contributed by atoms with Crippen LogP contribution in [0.15, 0.2) is 46.4 Å². The van der Waals surface area contributed by atoms with Gasteiger partial charge in [-0.25, -0.2) is 4.83 Å². The van der Waals surface area contributed by atoms with Crippen LogP contribution in [0.1, 0.15) is 16.7 Å². The van der Waals surface area contributed by atoms with Crippen LogP contribution in [0.4, 0.5) is 26.3 Å². The number of alkyl halides is 6. The highest BCUT2D eigenvalue weighted by Crippen LogP contribution is 2.37. The summed E-state index contributed by atoms with van der Waals surface area (Å²) in [6.07, 6.45) is -9.69. The number of benzene rings is 2. The molecule has 152 valence electrons. The summed E-state index contributed by atoms with van der Waals surface area (Å²) < 4.78 is 101. The number of hydrazone groups is 1. The van der Waals surface area contributed by atoms with Crippen molar-refractivity contribution in [2.75, 3.05) is 0 Å². The molecule has 2 aromatic rings. The first-order chi connectivity index (χ1) is 12.7. The second-order valence-electron chi connectivity index (χ2n) is 5.34. The van der Waals surface area contributed by atoms with Gasteiger partial charge in [-0.3, -0.25) is 0 Å². The molecule has 0 radical (unpaired) electrons. The Morgan fingerprint density at radius 1 is 0.893 bits per heavy atom. The van der Waals surface area contributed by atoms with E-state index in [2.05, 4.69) is 5.10 Å². The Kier molecular flexibility index (Phi) is 5.50. The number of rotatable bonds is 4. The molecule has 0 amide bonds. The third kappa shape index (κ3) is 5.06. The Labute approximate surface area is 153 Å². The summed E-state index contributed by atoms with van der Waals surface area (Å²) in [5.41, 5.74) is -3.69. The minimum Gasteiger partial charge on any atom is -0.508 e. The van der Waals surface area contributed by atoms with E-state index in [0.29, 0.717) is 0 Å². The topological polar surface area (TPSA) is 99.0 Å².